The summed E-state index contributed by atoms with van der Waals surface area (Å²) in [6.07, 6.45) is 0.936. The summed E-state index contributed by atoms with van der Waals surface area (Å²) in [7, 11) is 0. The van der Waals surface area contributed by atoms with E-state index >= 15 is 0 Å². The maximum atomic E-state index is 5.74. The largest absolute Gasteiger partial charge is 0.490 e. The summed E-state index contributed by atoms with van der Waals surface area (Å²) < 4.78 is 11.4. The molecule has 0 radical (unpaired) electrons. The van der Waals surface area contributed by atoms with Gasteiger partial charge in [0.05, 0.1) is 18.0 Å². The van der Waals surface area contributed by atoms with E-state index in [9.17, 15) is 0 Å². The molecule has 0 bridgehead atoms. The highest BCUT2D eigenvalue weighted by Crippen LogP contribution is 2.40. The van der Waals surface area contributed by atoms with Crippen molar-refractivity contribution in [2.45, 2.75) is 18.2 Å². The highest BCUT2D eigenvalue weighted by Gasteiger charge is 2.17. The van der Waals surface area contributed by atoms with Gasteiger partial charge in [-0.25, -0.2) is 0 Å². The SMILES string of the molecule is Cc1ccsc1C(Br)c1ccc2c(c1)OCCCO2. The van der Waals surface area contributed by atoms with E-state index in [0.29, 0.717) is 0 Å². The van der Waals surface area contributed by atoms with Gasteiger partial charge in [0.2, 0.25) is 0 Å². The number of rotatable bonds is 2. The van der Waals surface area contributed by atoms with Crippen LogP contribution in [-0.2, 0) is 0 Å². The topological polar surface area (TPSA) is 18.5 Å². The molecule has 0 saturated carbocycles. The zero-order valence-corrected chi connectivity index (χ0v) is 13.1. The van der Waals surface area contributed by atoms with E-state index in [1.165, 1.54) is 16.0 Å². The Bertz CT molecular complexity index is 579. The zero-order valence-electron chi connectivity index (χ0n) is 10.7. The third-order valence-electron chi connectivity index (χ3n) is 3.20. The minimum absolute atomic E-state index is 0.213. The number of hydrogen-bond donors (Lipinski definition) is 0. The predicted molar refractivity (Wildman–Crippen MR) is 81.9 cm³/mol. The molecule has 1 aliphatic rings. The van der Waals surface area contributed by atoms with Crippen molar-refractivity contribution in [2.24, 2.45) is 0 Å². The zero-order chi connectivity index (χ0) is 13.2. The molecule has 0 N–H and O–H groups in total. The first-order valence-corrected chi connectivity index (χ1v) is 8.13. The average Bonchev–Trinajstić information content (AvgIpc) is 2.72. The molecule has 0 saturated heterocycles. The van der Waals surface area contributed by atoms with Gasteiger partial charge in [0.15, 0.2) is 11.5 Å². The lowest BCUT2D eigenvalue weighted by atomic mass is 10.1. The van der Waals surface area contributed by atoms with Crippen LogP contribution in [0, 0.1) is 6.92 Å². The van der Waals surface area contributed by atoms with Gasteiger partial charge in [0.25, 0.3) is 0 Å². The van der Waals surface area contributed by atoms with Crippen LogP contribution >= 0.6 is 27.3 Å². The first-order chi connectivity index (χ1) is 9.25. The van der Waals surface area contributed by atoms with Crippen LogP contribution in [-0.4, -0.2) is 13.2 Å². The van der Waals surface area contributed by atoms with Gasteiger partial charge in [-0.15, -0.1) is 11.3 Å². The standard InChI is InChI=1S/C15H15BrO2S/c1-10-5-8-19-15(10)14(16)11-3-4-12-13(9-11)18-7-2-6-17-12/h3-5,8-9,14H,2,6-7H2,1H3. The molecule has 1 aromatic heterocycles. The van der Waals surface area contributed by atoms with Crippen LogP contribution in [0.5, 0.6) is 11.5 Å². The van der Waals surface area contributed by atoms with E-state index in [1.807, 2.05) is 6.07 Å². The third kappa shape index (κ3) is 2.65. The van der Waals surface area contributed by atoms with Crippen LogP contribution in [0.2, 0.25) is 0 Å². The van der Waals surface area contributed by atoms with Crippen molar-refractivity contribution in [2.75, 3.05) is 13.2 Å². The van der Waals surface area contributed by atoms with Crippen molar-refractivity contribution in [3.8, 4) is 11.5 Å². The second kappa shape index (κ2) is 5.55. The van der Waals surface area contributed by atoms with Gasteiger partial charge in [0, 0.05) is 11.3 Å². The molecule has 1 unspecified atom stereocenters. The van der Waals surface area contributed by atoms with Gasteiger partial charge in [0.1, 0.15) is 0 Å². The van der Waals surface area contributed by atoms with E-state index in [2.05, 4.69) is 46.4 Å². The number of ether oxygens (including phenoxy) is 2. The molecule has 0 fully saturated rings. The highest BCUT2D eigenvalue weighted by atomic mass is 79.9. The summed E-state index contributed by atoms with van der Waals surface area (Å²) in [5.41, 5.74) is 2.52. The Hall–Kier alpha value is -1.00. The summed E-state index contributed by atoms with van der Waals surface area (Å²) in [5.74, 6) is 1.71. The van der Waals surface area contributed by atoms with Crippen molar-refractivity contribution in [3.05, 3.63) is 45.6 Å². The Morgan fingerprint density at radius 2 is 1.95 bits per heavy atom. The Morgan fingerprint density at radius 1 is 1.16 bits per heavy atom. The first kappa shape index (κ1) is 13.0. The molecule has 4 heteroatoms. The lowest BCUT2D eigenvalue weighted by Gasteiger charge is -2.13. The molecule has 0 amide bonds. The number of benzene rings is 1. The molecule has 2 nitrogen and oxygen atoms in total. The molecule has 2 aromatic rings. The number of halogens is 1. The quantitative estimate of drug-likeness (QED) is 0.738. The molecule has 1 aromatic carbocycles. The maximum Gasteiger partial charge on any atom is 0.161 e. The molecule has 0 aliphatic carbocycles. The van der Waals surface area contributed by atoms with Crippen LogP contribution in [0.1, 0.15) is 27.3 Å². The van der Waals surface area contributed by atoms with Crippen LogP contribution in [0.15, 0.2) is 29.6 Å². The monoisotopic (exact) mass is 338 g/mol. The lowest BCUT2D eigenvalue weighted by molar-refractivity contribution is 0.297. The Balaban J connectivity index is 1.93. The second-order valence-electron chi connectivity index (χ2n) is 4.59. The van der Waals surface area contributed by atoms with Crippen molar-refractivity contribution in [1.29, 1.82) is 0 Å². The molecule has 3 rings (SSSR count). The fourth-order valence-electron chi connectivity index (χ4n) is 2.13. The molecule has 2 heterocycles. The predicted octanol–water partition coefficient (Wildman–Crippen LogP) is 4.70. The van der Waals surface area contributed by atoms with Crippen LogP contribution < -0.4 is 9.47 Å². The normalized spacial score (nSPS) is 15.9. The average molecular weight is 339 g/mol. The maximum absolute atomic E-state index is 5.74. The number of thiophene rings is 1. The number of alkyl halides is 1. The molecule has 1 aliphatic heterocycles. The van der Waals surface area contributed by atoms with Crippen molar-refractivity contribution in [1.82, 2.24) is 0 Å². The summed E-state index contributed by atoms with van der Waals surface area (Å²) in [4.78, 5) is 1.55. The Labute approximate surface area is 125 Å². The lowest BCUT2D eigenvalue weighted by Crippen LogP contribution is -1.97. The fourth-order valence-corrected chi connectivity index (χ4v) is 4.03. The van der Waals surface area contributed by atoms with Crippen molar-refractivity contribution < 1.29 is 9.47 Å². The van der Waals surface area contributed by atoms with E-state index in [4.69, 9.17) is 9.47 Å². The van der Waals surface area contributed by atoms with Crippen LogP contribution in [0.4, 0.5) is 0 Å². The first-order valence-electron chi connectivity index (χ1n) is 6.33. The number of aryl methyl sites for hydroxylation is 1. The smallest absolute Gasteiger partial charge is 0.161 e. The van der Waals surface area contributed by atoms with E-state index in [0.717, 1.165) is 31.1 Å². The van der Waals surface area contributed by atoms with Gasteiger partial charge in [-0.3, -0.25) is 0 Å². The van der Waals surface area contributed by atoms with Gasteiger partial charge in [-0.05, 0) is 41.6 Å². The summed E-state index contributed by atoms with van der Waals surface area (Å²) in [6, 6.07) is 8.34. The van der Waals surface area contributed by atoms with Crippen molar-refractivity contribution >= 4 is 27.3 Å². The van der Waals surface area contributed by atoms with E-state index < -0.39 is 0 Å². The summed E-state index contributed by atoms with van der Waals surface area (Å²) in [5, 5.41) is 2.13. The molecular formula is C15H15BrO2S. The minimum atomic E-state index is 0.213. The molecule has 19 heavy (non-hydrogen) atoms. The minimum Gasteiger partial charge on any atom is -0.490 e. The van der Waals surface area contributed by atoms with Gasteiger partial charge in [-0.2, -0.15) is 0 Å². The molecule has 1 atom stereocenters. The Kier molecular flexibility index (Phi) is 3.80. The summed E-state index contributed by atoms with van der Waals surface area (Å²) in [6.45, 7) is 3.60. The van der Waals surface area contributed by atoms with Gasteiger partial charge >= 0.3 is 0 Å². The Morgan fingerprint density at radius 3 is 2.68 bits per heavy atom. The number of hydrogen-bond acceptors (Lipinski definition) is 3. The van der Waals surface area contributed by atoms with E-state index in [1.54, 1.807) is 11.3 Å². The molecule has 100 valence electrons. The highest BCUT2D eigenvalue weighted by molar-refractivity contribution is 9.09. The third-order valence-corrected chi connectivity index (χ3v) is 5.57. The second-order valence-corrected chi connectivity index (χ2v) is 6.45. The van der Waals surface area contributed by atoms with Crippen molar-refractivity contribution in [3.63, 3.8) is 0 Å². The fraction of sp³-hybridized carbons (Fsp3) is 0.333. The van der Waals surface area contributed by atoms with Crippen LogP contribution in [0.3, 0.4) is 0 Å². The summed E-state index contributed by atoms with van der Waals surface area (Å²) >= 11 is 5.56. The van der Waals surface area contributed by atoms with Gasteiger partial charge in [-0.1, -0.05) is 22.0 Å². The van der Waals surface area contributed by atoms with E-state index in [-0.39, 0.29) is 4.83 Å². The molecular weight excluding hydrogens is 324 g/mol. The number of fused-ring (bicyclic) bond motifs is 1. The van der Waals surface area contributed by atoms with Crippen LogP contribution in [0.25, 0.3) is 0 Å². The molecule has 0 spiro atoms. The van der Waals surface area contributed by atoms with Gasteiger partial charge < -0.3 is 9.47 Å².